The summed E-state index contributed by atoms with van der Waals surface area (Å²) in [5, 5.41) is 5.51. The van der Waals surface area contributed by atoms with Gasteiger partial charge < -0.3 is 20.3 Å². The largest absolute Gasteiger partial charge is 0.444 e. The first-order chi connectivity index (χ1) is 15.1. The molecule has 2 atom stereocenters. The summed E-state index contributed by atoms with van der Waals surface area (Å²) in [4.78, 5) is 40.3. The molecule has 0 aliphatic heterocycles. The van der Waals surface area contributed by atoms with Gasteiger partial charge in [0.25, 0.3) is 0 Å². The van der Waals surface area contributed by atoms with Crippen LogP contribution in [-0.2, 0) is 14.3 Å². The van der Waals surface area contributed by atoms with Gasteiger partial charge in [0.2, 0.25) is 11.8 Å². The molecule has 0 saturated heterocycles. The molecule has 2 N–H and O–H groups in total. The molecular formula is C24H37N3O4S. The molecule has 2 unspecified atom stereocenters. The number of likely N-dealkylation sites (N-methyl/N-ethyl adjacent to an activating group) is 1. The van der Waals surface area contributed by atoms with Crippen molar-refractivity contribution in [2.75, 3.05) is 18.8 Å². The van der Waals surface area contributed by atoms with Gasteiger partial charge in [-0.25, -0.2) is 4.79 Å². The van der Waals surface area contributed by atoms with Crippen molar-refractivity contribution in [3.05, 3.63) is 42.0 Å². The maximum Gasteiger partial charge on any atom is 0.408 e. The standard InChI is InChI=1S/C24H37N3O4S/c1-7-10-14-25-21(28)20(18-13-11-12-17(8-2)15-18)27(9-3)22(29)19(16-32)26-23(30)31-24(4,5)6/h8,11-13,15,19-20,32H,2,7,9-10,14,16H2,1,3-6H3,(H,25,28)(H,26,30). The second kappa shape index (κ2) is 13.2. The predicted molar refractivity (Wildman–Crippen MR) is 132 cm³/mol. The van der Waals surface area contributed by atoms with E-state index in [2.05, 4.69) is 29.8 Å². The lowest BCUT2D eigenvalue weighted by Gasteiger charge is -2.33. The number of hydrogen-bond acceptors (Lipinski definition) is 5. The third-order valence-electron chi connectivity index (χ3n) is 4.65. The number of unbranched alkanes of at least 4 members (excludes halogenated alkanes) is 1. The lowest BCUT2D eigenvalue weighted by atomic mass is 10.0. The normalized spacial score (nSPS) is 12.9. The zero-order chi connectivity index (χ0) is 24.3. The fourth-order valence-corrected chi connectivity index (χ4v) is 3.36. The van der Waals surface area contributed by atoms with E-state index in [1.807, 2.05) is 31.2 Å². The van der Waals surface area contributed by atoms with Crippen LogP contribution in [0.4, 0.5) is 4.79 Å². The molecule has 8 heteroatoms. The van der Waals surface area contributed by atoms with Crippen LogP contribution < -0.4 is 10.6 Å². The van der Waals surface area contributed by atoms with E-state index in [1.54, 1.807) is 33.8 Å². The number of nitrogens with one attached hydrogen (secondary N) is 2. The van der Waals surface area contributed by atoms with Crippen molar-refractivity contribution < 1.29 is 19.1 Å². The van der Waals surface area contributed by atoms with Crippen LogP contribution in [0.3, 0.4) is 0 Å². The van der Waals surface area contributed by atoms with Crippen molar-refractivity contribution in [3.63, 3.8) is 0 Å². The van der Waals surface area contributed by atoms with Crippen molar-refractivity contribution >= 4 is 36.6 Å². The van der Waals surface area contributed by atoms with Crippen LogP contribution in [0, 0.1) is 0 Å². The number of ether oxygens (including phenoxy) is 1. The summed E-state index contributed by atoms with van der Waals surface area (Å²) in [6, 6.07) is 5.55. The van der Waals surface area contributed by atoms with Crippen LogP contribution in [0.25, 0.3) is 6.08 Å². The van der Waals surface area contributed by atoms with E-state index in [4.69, 9.17) is 4.74 Å². The topological polar surface area (TPSA) is 87.7 Å². The zero-order valence-corrected chi connectivity index (χ0v) is 20.7. The lowest BCUT2D eigenvalue weighted by molar-refractivity contribution is -0.141. The van der Waals surface area contributed by atoms with E-state index in [-0.39, 0.29) is 18.2 Å². The molecule has 0 aliphatic rings. The molecule has 7 nitrogen and oxygen atoms in total. The Morgan fingerprint density at radius 3 is 2.47 bits per heavy atom. The van der Waals surface area contributed by atoms with Gasteiger partial charge in [0.05, 0.1) is 0 Å². The average molecular weight is 464 g/mol. The molecule has 0 aliphatic carbocycles. The molecule has 178 valence electrons. The second-order valence-corrected chi connectivity index (χ2v) is 8.79. The minimum Gasteiger partial charge on any atom is -0.444 e. The summed E-state index contributed by atoms with van der Waals surface area (Å²) in [5.74, 6) is -0.621. The number of thiol groups is 1. The molecular weight excluding hydrogens is 426 g/mol. The minimum absolute atomic E-state index is 0.0610. The smallest absolute Gasteiger partial charge is 0.408 e. The molecule has 0 fully saturated rings. The number of alkyl carbamates (subject to hydrolysis) is 1. The maximum atomic E-state index is 13.4. The number of hydrogen-bond donors (Lipinski definition) is 3. The van der Waals surface area contributed by atoms with Crippen LogP contribution in [0.15, 0.2) is 30.8 Å². The highest BCUT2D eigenvalue weighted by Gasteiger charge is 2.35. The van der Waals surface area contributed by atoms with Gasteiger partial charge in [-0.1, -0.05) is 44.2 Å². The molecule has 1 aromatic rings. The summed E-state index contributed by atoms with van der Waals surface area (Å²) in [6.45, 7) is 13.6. The van der Waals surface area contributed by atoms with Crippen LogP contribution in [0.2, 0.25) is 0 Å². The fourth-order valence-electron chi connectivity index (χ4n) is 3.12. The van der Waals surface area contributed by atoms with Gasteiger partial charge in [0.1, 0.15) is 17.7 Å². The van der Waals surface area contributed by atoms with E-state index in [9.17, 15) is 14.4 Å². The first kappa shape index (κ1) is 27.6. The highest BCUT2D eigenvalue weighted by atomic mass is 32.1. The van der Waals surface area contributed by atoms with Gasteiger partial charge >= 0.3 is 6.09 Å². The van der Waals surface area contributed by atoms with Crippen molar-refractivity contribution in [2.24, 2.45) is 0 Å². The van der Waals surface area contributed by atoms with Crippen molar-refractivity contribution in [3.8, 4) is 0 Å². The van der Waals surface area contributed by atoms with E-state index < -0.39 is 29.7 Å². The summed E-state index contributed by atoms with van der Waals surface area (Å²) in [5.41, 5.74) is 0.808. The number of amides is 3. The highest BCUT2D eigenvalue weighted by molar-refractivity contribution is 7.80. The first-order valence-electron chi connectivity index (χ1n) is 11.0. The molecule has 3 amide bonds. The first-order valence-corrected chi connectivity index (χ1v) is 11.6. The SMILES string of the molecule is C=Cc1cccc(C(C(=O)NCCCC)N(CC)C(=O)C(CS)NC(=O)OC(C)(C)C)c1. The van der Waals surface area contributed by atoms with E-state index in [0.29, 0.717) is 12.1 Å². The molecule has 0 radical (unpaired) electrons. The van der Waals surface area contributed by atoms with Crippen LogP contribution in [-0.4, -0.2) is 53.3 Å². The van der Waals surface area contributed by atoms with Crippen LogP contribution in [0.5, 0.6) is 0 Å². The van der Waals surface area contributed by atoms with Crippen molar-refractivity contribution in [1.82, 2.24) is 15.5 Å². The van der Waals surface area contributed by atoms with Crippen molar-refractivity contribution in [2.45, 2.75) is 65.1 Å². The molecule has 0 saturated carbocycles. The monoisotopic (exact) mass is 463 g/mol. The molecule has 0 spiro atoms. The van der Waals surface area contributed by atoms with E-state index >= 15 is 0 Å². The Morgan fingerprint density at radius 1 is 1.25 bits per heavy atom. The number of carbonyl (C=O) groups excluding carboxylic acids is 3. The van der Waals surface area contributed by atoms with Gasteiger partial charge in [-0.15, -0.1) is 0 Å². The zero-order valence-electron chi connectivity index (χ0n) is 19.8. The van der Waals surface area contributed by atoms with Gasteiger partial charge in [-0.3, -0.25) is 9.59 Å². The predicted octanol–water partition coefficient (Wildman–Crippen LogP) is 3.96. The average Bonchev–Trinajstić information content (AvgIpc) is 2.74. The molecule has 1 rings (SSSR count). The van der Waals surface area contributed by atoms with Gasteiger partial charge in [-0.05, 0) is 51.3 Å². The maximum absolute atomic E-state index is 13.4. The molecule has 0 bridgehead atoms. The summed E-state index contributed by atoms with van der Waals surface area (Å²) >= 11 is 4.25. The molecule has 32 heavy (non-hydrogen) atoms. The fraction of sp³-hybridized carbons (Fsp3) is 0.542. The van der Waals surface area contributed by atoms with Crippen LogP contribution >= 0.6 is 12.6 Å². The third-order valence-corrected chi connectivity index (χ3v) is 5.01. The number of nitrogens with zero attached hydrogens (tertiary/aromatic N) is 1. The Balaban J connectivity index is 3.24. The number of benzene rings is 1. The molecule has 0 heterocycles. The van der Waals surface area contributed by atoms with E-state index in [1.165, 1.54) is 4.90 Å². The highest BCUT2D eigenvalue weighted by Crippen LogP contribution is 2.24. The Morgan fingerprint density at radius 2 is 1.94 bits per heavy atom. The van der Waals surface area contributed by atoms with Crippen LogP contribution in [0.1, 0.15) is 64.6 Å². The van der Waals surface area contributed by atoms with Crippen molar-refractivity contribution in [1.29, 1.82) is 0 Å². The second-order valence-electron chi connectivity index (χ2n) is 8.43. The Hall–Kier alpha value is -2.48. The quantitative estimate of drug-likeness (QED) is 0.342. The lowest BCUT2D eigenvalue weighted by Crippen LogP contribution is -2.53. The molecule has 1 aromatic carbocycles. The summed E-state index contributed by atoms with van der Waals surface area (Å²) in [6.07, 6.45) is 2.76. The third kappa shape index (κ3) is 8.57. The van der Waals surface area contributed by atoms with E-state index in [0.717, 1.165) is 18.4 Å². The Labute approximate surface area is 197 Å². The minimum atomic E-state index is -0.943. The van der Waals surface area contributed by atoms with Gasteiger partial charge in [0.15, 0.2) is 0 Å². The Bertz CT molecular complexity index is 792. The number of rotatable bonds is 11. The molecule has 0 aromatic heterocycles. The Kier molecular flexibility index (Phi) is 11.3. The summed E-state index contributed by atoms with van der Waals surface area (Å²) < 4.78 is 5.28. The van der Waals surface area contributed by atoms with Gasteiger partial charge in [0, 0.05) is 18.8 Å². The summed E-state index contributed by atoms with van der Waals surface area (Å²) in [7, 11) is 0. The van der Waals surface area contributed by atoms with Gasteiger partial charge in [-0.2, -0.15) is 12.6 Å². The number of carbonyl (C=O) groups is 3.